The first-order chi connectivity index (χ1) is 8.84. The van der Waals surface area contributed by atoms with Gasteiger partial charge in [0, 0.05) is 30.0 Å². The van der Waals surface area contributed by atoms with E-state index in [0.29, 0.717) is 6.54 Å². The summed E-state index contributed by atoms with van der Waals surface area (Å²) in [5, 5.41) is 3.16. The molecular weight excluding hydrogens is 269 g/mol. The van der Waals surface area contributed by atoms with Crippen LogP contribution in [0.2, 0.25) is 0 Å². The maximum absolute atomic E-state index is 13.2. The Bertz CT molecular complexity index is 567. The molecule has 0 saturated heterocycles. The minimum Gasteiger partial charge on any atom is -0.494 e. The van der Waals surface area contributed by atoms with Gasteiger partial charge in [-0.2, -0.15) is 0 Å². The third-order valence-corrected chi connectivity index (χ3v) is 4.48. The van der Waals surface area contributed by atoms with Gasteiger partial charge >= 0.3 is 0 Å². The highest BCUT2D eigenvalue weighted by atomic mass is 32.2. The minimum atomic E-state index is -2.97. The van der Waals surface area contributed by atoms with Gasteiger partial charge in [-0.05, 0) is 25.0 Å². The highest BCUT2D eigenvalue weighted by Crippen LogP contribution is 2.46. The number of benzene rings is 1. The largest absolute Gasteiger partial charge is 0.494 e. The Morgan fingerprint density at radius 1 is 1.42 bits per heavy atom. The van der Waals surface area contributed by atoms with Crippen molar-refractivity contribution in [1.29, 1.82) is 0 Å². The lowest BCUT2D eigenvalue weighted by Gasteiger charge is -2.16. The van der Waals surface area contributed by atoms with Gasteiger partial charge in [-0.1, -0.05) is 0 Å². The molecule has 1 N–H and O–H groups in total. The Balaban J connectivity index is 1.99. The lowest BCUT2D eigenvalue weighted by molar-refractivity contribution is 0.386. The Morgan fingerprint density at radius 2 is 2.11 bits per heavy atom. The van der Waals surface area contributed by atoms with Crippen molar-refractivity contribution >= 4 is 15.5 Å². The molecule has 0 heterocycles. The molecule has 0 radical (unpaired) electrons. The number of anilines is 1. The molecule has 0 spiro atoms. The molecule has 0 bridgehead atoms. The van der Waals surface area contributed by atoms with Crippen LogP contribution in [0.4, 0.5) is 10.1 Å². The average molecular weight is 287 g/mol. The van der Waals surface area contributed by atoms with E-state index in [-0.39, 0.29) is 16.9 Å². The summed E-state index contributed by atoms with van der Waals surface area (Å²) in [6, 6.07) is 4.53. The van der Waals surface area contributed by atoms with E-state index in [1.807, 2.05) is 0 Å². The number of ether oxygens (including phenoxy) is 1. The lowest BCUT2D eigenvalue weighted by atomic mass is 10.1. The molecule has 1 saturated carbocycles. The summed E-state index contributed by atoms with van der Waals surface area (Å²) in [5.74, 6) is -0.0333. The molecule has 0 atom stereocenters. The summed E-state index contributed by atoms with van der Waals surface area (Å²) in [6.07, 6.45) is 3.07. The van der Waals surface area contributed by atoms with Gasteiger partial charge in [-0.25, -0.2) is 12.8 Å². The Kier molecular flexibility index (Phi) is 3.71. The summed E-state index contributed by atoms with van der Waals surface area (Å²) in [4.78, 5) is 0. The highest BCUT2D eigenvalue weighted by molar-refractivity contribution is 7.90. The van der Waals surface area contributed by atoms with Crippen molar-refractivity contribution in [3.8, 4) is 5.75 Å². The summed E-state index contributed by atoms with van der Waals surface area (Å²) < 4.78 is 40.8. The fourth-order valence-corrected chi connectivity index (χ4v) is 3.67. The zero-order chi connectivity index (χ0) is 14.1. The van der Waals surface area contributed by atoms with E-state index in [2.05, 4.69) is 5.32 Å². The molecule has 1 aliphatic rings. The van der Waals surface area contributed by atoms with Gasteiger partial charge in [0.15, 0.2) is 11.6 Å². The summed E-state index contributed by atoms with van der Waals surface area (Å²) in [7, 11) is -1.56. The monoisotopic (exact) mass is 287 g/mol. The van der Waals surface area contributed by atoms with Crippen LogP contribution in [0, 0.1) is 11.2 Å². The Morgan fingerprint density at radius 3 is 2.63 bits per heavy atom. The van der Waals surface area contributed by atoms with Crippen LogP contribution >= 0.6 is 0 Å². The molecule has 0 unspecified atom stereocenters. The van der Waals surface area contributed by atoms with Crippen molar-refractivity contribution < 1.29 is 17.5 Å². The summed E-state index contributed by atoms with van der Waals surface area (Å²) in [5.41, 5.74) is 0.577. The van der Waals surface area contributed by atoms with E-state index in [4.69, 9.17) is 4.74 Å². The number of sulfone groups is 1. The molecular formula is C13H18FNO3S. The Hall–Kier alpha value is -1.30. The van der Waals surface area contributed by atoms with E-state index in [9.17, 15) is 12.8 Å². The van der Waals surface area contributed by atoms with Gasteiger partial charge in [-0.15, -0.1) is 0 Å². The highest BCUT2D eigenvalue weighted by Gasteiger charge is 2.44. The molecule has 1 aliphatic carbocycles. The first-order valence-electron chi connectivity index (χ1n) is 6.09. The molecule has 1 aromatic rings. The zero-order valence-electron chi connectivity index (χ0n) is 11.1. The first kappa shape index (κ1) is 14.1. The van der Waals surface area contributed by atoms with Gasteiger partial charge in [0.2, 0.25) is 0 Å². The van der Waals surface area contributed by atoms with Crippen LogP contribution < -0.4 is 10.1 Å². The van der Waals surface area contributed by atoms with Crippen molar-refractivity contribution in [2.45, 2.75) is 12.8 Å². The molecule has 1 aromatic carbocycles. The van der Waals surface area contributed by atoms with E-state index < -0.39 is 15.7 Å². The number of hydrogen-bond donors (Lipinski definition) is 1. The third-order valence-electron chi connectivity index (χ3n) is 3.34. The van der Waals surface area contributed by atoms with Crippen molar-refractivity contribution in [3.05, 3.63) is 24.0 Å². The molecule has 4 nitrogen and oxygen atoms in total. The SMILES string of the molecule is COc1cc(NCC2(CS(C)(=O)=O)CC2)ccc1F. The first-order valence-corrected chi connectivity index (χ1v) is 8.15. The second kappa shape index (κ2) is 5.00. The van der Waals surface area contributed by atoms with Crippen molar-refractivity contribution in [3.63, 3.8) is 0 Å². The fourth-order valence-electron chi connectivity index (χ4n) is 2.16. The molecule has 0 aliphatic heterocycles. The standard InChI is InChI=1S/C13H18FNO3S/c1-18-12-7-10(3-4-11(12)14)15-8-13(5-6-13)9-19(2,16)17/h3-4,7,15H,5-6,8-9H2,1-2H3. The van der Waals surface area contributed by atoms with E-state index in [1.165, 1.54) is 19.4 Å². The Labute approximate surface area is 112 Å². The van der Waals surface area contributed by atoms with Crippen molar-refractivity contribution in [2.24, 2.45) is 5.41 Å². The van der Waals surface area contributed by atoms with Crippen LogP contribution in [0.15, 0.2) is 18.2 Å². The van der Waals surface area contributed by atoms with Gasteiger partial charge in [0.25, 0.3) is 0 Å². The second-order valence-electron chi connectivity index (χ2n) is 5.27. The summed E-state index contributed by atoms with van der Waals surface area (Å²) >= 11 is 0. The van der Waals surface area contributed by atoms with Crippen LogP contribution in [0.5, 0.6) is 5.75 Å². The molecule has 0 aromatic heterocycles. The smallest absolute Gasteiger partial charge is 0.165 e. The van der Waals surface area contributed by atoms with Crippen LogP contribution in [0.3, 0.4) is 0 Å². The fraction of sp³-hybridized carbons (Fsp3) is 0.538. The average Bonchev–Trinajstić information content (AvgIpc) is 3.06. The van der Waals surface area contributed by atoms with Crippen molar-refractivity contribution in [1.82, 2.24) is 0 Å². The molecule has 0 amide bonds. The summed E-state index contributed by atoms with van der Waals surface area (Å²) in [6.45, 7) is 0.578. The number of halogens is 1. The van der Waals surface area contributed by atoms with Crippen molar-refractivity contribution in [2.75, 3.05) is 31.0 Å². The van der Waals surface area contributed by atoms with E-state index >= 15 is 0 Å². The van der Waals surface area contributed by atoms with Crippen LogP contribution in [-0.2, 0) is 9.84 Å². The van der Waals surface area contributed by atoms with Crippen LogP contribution in [0.1, 0.15) is 12.8 Å². The predicted molar refractivity (Wildman–Crippen MR) is 72.8 cm³/mol. The molecule has 106 valence electrons. The second-order valence-corrected chi connectivity index (χ2v) is 7.41. The van der Waals surface area contributed by atoms with E-state index in [0.717, 1.165) is 18.5 Å². The maximum Gasteiger partial charge on any atom is 0.165 e. The number of hydrogen-bond acceptors (Lipinski definition) is 4. The van der Waals surface area contributed by atoms with Crippen LogP contribution in [-0.4, -0.2) is 34.1 Å². The molecule has 6 heteroatoms. The minimum absolute atomic E-state index is 0.158. The molecule has 19 heavy (non-hydrogen) atoms. The topological polar surface area (TPSA) is 55.4 Å². The van der Waals surface area contributed by atoms with Gasteiger partial charge in [0.05, 0.1) is 12.9 Å². The number of methoxy groups -OCH3 is 1. The van der Waals surface area contributed by atoms with E-state index in [1.54, 1.807) is 12.1 Å². The number of rotatable bonds is 6. The maximum atomic E-state index is 13.2. The van der Waals surface area contributed by atoms with Gasteiger partial charge < -0.3 is 10.1 Å². The lowest BCUT2D eigenvalue weighted by Crippen LogP contribution is -2.24. The van der Waals surface area contributed by atoms with Crippen LogP contribution in [0.25, 0.3) is 0 Å². The third kappa shape index (κ3) is 3.83. The van der Waals surface area contributed by atoms with Gasteiger partial charge in [-0.3, -0.25) is 0 Å². The number of nitrogens with one attached hydrogen (secondary N) is 1. The zero-order valence-corrected chi connectivity index (χ0v) is 11.9. The molecule has 1 fully saturated rings. The normalized spacial score (nSPS) is 17.0. The quantitative estimate of drug-likeness (QED) is 0.870. The van der Waals surface area contributed by atoms with Gasteiger partial charge in [0.1, 0.15) is 9.84 Å². The predicted octanol–water partition coefficient (Wildman–Crippen LogP) is 2.07. The molecule has 2 rings (SSSR count).